The van der Waals surface area contributed by atoms with Crippen molar-refractivity contribution in [3.05, 3.63) is 98.6 Å². The molecule has 0 bridgehead atoms. The number of hydrogen-bond acceptors (Lipinski definition) is 7. The van der Waals surface area contributed by atoms with Crippen LogP contribution in [0.4, 0.5) is 4.39 Å². The van der Waals surface area contributed by atoms with Crippen molar-refractivity contribution in [2.24, 2.45) is 0 Å². The van der Waals surface area contributed by atoms with Gasteiger partial charge in [0.1, 0.15) is 18.1 Å². The molecule has 1 aromatic heterocycles. The third-order valence-corrected chi connectivity index (χ3v) is 5.83. The fraction of sp³-hybridized carbons (Fsp3) is 0.346. The predicted octanol–water partition coefficient (Wildman–Crippen LogP) is 2.49. The average Bonchev–Trinajstić information content (AvgIpc) is 3.32. The molecule has 1 unspecified atom stereocenters. The first-order valence-corrected chi connectivity index (χ1v) is 11.7. The highest BCUT2D eigenvalue weighted by Crippen LogP contribution is 2.30. The number of halogens is 1. The number of ether oxygens (including phenoxy) is 3. The number of hydrogen-bond donors (Lipinski definition) is 1. The van der Waals surface area contributed by atoms with E-state index in [1.54, 1.807) is 0 Å². The Hall–Kier alpha value is -3.60. The molecule has 0 spiro atoms. The number of carbonyl (C=O) groups excluding carboxylic acids is 1. The number of aliphatic hydroxyl groups excluding tert-OH is 1. The molecule has 9 nitrogen and oxygen atoms in total. The molecule has 0 radical (unpaired) electrons. The van der Waals surface area contributed by atoms with Crippen molar-refractivity contribution in [3.63, 3.8) is 0 Å². The molecule has 0 aliphatic carbocycles. The highest BCUT2D eigenvalue weighted by atomic mass is 19.1. The van der Waals surface area contributed by atoms with Gasteiger partial charge < -0.3 is 19.3 Å². The Bertz CT molecular complexity index is 1300. The van der Waals surface area contributed by atoms with Crippen LogP contribution in [0.3, 0.4) is 0 Å². The molecule has 3 aromatic rings. The Morgan fingerprint density at radius 3 is 2.53 bits per heavy atom. The van der Waals surface area contributed by atoms with E-state index in [2.05, 4.69) is 0 Å². The lowest BCUT2D eigenvalue weighted by molar-refractivity contribution is -0.0661. The van der Waals surface area contributed by atoms with Crippen molar-refractivity contribution in [1.82, 2.24) is 9.13 Å². The van der Waals surface area contributed by atoms with Crippen molar-refractivity contribution in [3.8, 4) is 5.75 Å². The van der Waals surface area contributed by atoms with Gasteiger partial charge in [-0.25, -0.2) is 4.79 Å². The average molecular weight is 499 g/mol. The molecule has 0 saturated carbocycles. The van der Waals surface area contributed by atoms with Gasteiger partial charge in [0.25, 0.3) is 11.5 Å². The van der Waals surface area contributed by atoms with Crippen molar-refractivity contribution < 1.29 is 28.5 Å². The summed E-state index contributed by atoms with van der Waals surface area (Å²) in [6.45, 7) is 2.30. The minimum Gasteiger partial charge on any atom is -0.494 e. The zero-order chi connectivity index (χ0) is 25.7. The van der Waals surface area contributed by atoms with Crippen molar-refractivity contribution >= 4 is 5.91 Å². The largest absolute Gasteiger partial charge is 0.494 e. The van der Waals surface area contributed by atoms with E-state index in [4.69, 9.17) is 14.2 Å². The molecule has 1 fully saturated rings. The molecular formula is C26H27FN2O7. The van der Waals surface area contributed by atoms with Crippen LogP contribution >= 0.6 is 0 Å². The van der Waals surface area contributed by atoms with E-state index in [0.717, 1.165) is 22.7 Å². The van der Waals surface area contributed by atoms with Gasteiger partial charge in [-0.15, -0.1) is 0 Å². The summed E-state index contributed by atoms with van der Waals surface area (Å²) in [5, 5.41) is 9.75. The van der Waals surface area contributed by atoms with Crippen LogP contribution in [0.1, 0.15) is 41.9 Å². The normalized spacial score (nSPS) is 19.4. The van der Waals surface area contributed by atoms with E-state index >= 15 is 0 Å². The number of carbonyl (C=O) groups is 1. The Morgan fingerprint density at radius 1 is 1.14 bits per heavy atom. The maximum Gasteiger partial charge on any atom is 0.340 e. The topological polar surface area (TPSA) is 109 Å². The molecular weight excluding hydrogens is 471 g/mol. The highest BCUT2D eigenvalue weighted by molar-refractivity contribution is 5.95. The van der Waals surface area contributed by atoms with E-state index in [-0.39, 0.29) is 23.2 Å². The van der Waals surface area contributed by atoms with Crippen LogP contribution in [0.15, 0.2) is 70.4 Å². The van der Waals surface area contributed by atoms with E-state index in [1.807, 2.05) is 37.3 Å². The molecule has 1 saturated heterocycles. The second-order valence-corrected chi connectivity index (χ2v) is 8.37. The molecule has 2 aromatic carbocycles. The first kappa shape index (κ1) is 25.5. The summed E-state index contributed by atoms with van der Waals surface area (Å²) in [4.78, 5) is 38.6. The molecule has 1 aliphatic heterocycles. The molecule has 0 amide bonds. The number of aromatic nitrogens is 2. The lowest BCUT2D eigenvalue weighted by Crippen LogP contribution is -2.46. The smallest absolute Gasteiger partial charge is 0.340 e. The predicted molar refractivity (Wildman–Crippen MR) is 128 cm³/mol. The maximum absolute atomic E-state index is 14.6. The standard InChI is InChI=1S/C26H27FN2O7/c1-2-12-34-19-10-8-18(9-11-19)24(31)29-25(32)20(27)14-28(26(29)33)23-13-21(22(15-30)36-23)35-16-17-6-4-3-5-7-17/h3-11,14,21-23,30H,2,12-13,15-16H2,1H3/t21?,22-,23-/m0/s1. The van der Waals surface area contributed by atoms with Crippen molar-refractivity contribution in [2.75, 3.05) is 13.2 Å². The number of rotatable bonds is 9. The van der Waals surface area contributed by atoms with Gasteiger partial charge in [0, 0.05) is 12.0 Å². The third kappa shape index (κ3) is 5.46. The molecule has 3 atom stereocenters. The number of nitrogens with zero attached hydrogens (tertiary/aromatic N) is 2. The van der Waals surface area contributed by atoms with E-state index in [0.29, 0.717) is 12.4 Å². The van der Waals surface area contributed by atoms with Gasteiger partial charge in [0.05, 0.1) is 32.1 Å². The first-order chi connectivity index (χ1) is 17.4. The minimum absolute atomic E-state index is 0.0137. The summed E-state index contributed by atoms with van der Waals surface area (Å²) in [6, 6.07) is 15.2. The molecule has 190 valence electrons. The summed E-state index contributed by atoms with van der Waals surface area (Å²) in [7, 11) is 0. The molecule has 2 heterocycles. The molecule has 36 heavy (non-hydrogen) atoms. The maximum atomic E-state index is 14.6. The van der Waals surface area contributed by atoms with Crippen LogP contribution in [0.2, 0.25) is 0 Å². The zero-order valence-corrected chi connectivity index (χ0v) is 19.7. The first-order valence-electron chi connectivity index (χ1n) is 11.7. The van der Waals surface area contributed by atoms with Gasteiger partial charge in [-0.1, -0.05) is 37.3 Å². The van der Waals surface area contributed by atoms with E-state index < -0.39 is 48.0 Å². The highest BCUT2D eigenvalue weighted by Gasteiger charge is 2.38. The molecule has 4 rings (SSSR count). The Kier molecular flexibility index (Phi) is 8.09. The van der Waals surface area contributed by atoms with Crippen LogP contribution in [0.25, 0.3) is 0 Å². The molecule has 1 aliphatic rings. The summed E-state index contributed by atoms with van der Waals surface area (Å²) >= 11 is 0. The van der Waals surface area contributed by atoms with Crippen LogP contribution < -0.4 is 16.0 Å². The van der Waals surface area contributed by atoms with Crippen LogP contribution in [0.5, 0.6) is 5.75 Å². The molecule has 1 N–H and O–H groups in total. The third-order valence-electron chi connectivity index (χ3n) is 5.83. The van der Waals surface area contributed by atoms with Crippen LogP contribution in [-0.4, -0.2) is 45.6 Å². The molecule has 10 heteroatoms. The number of aliphatic hydroxyl groups is 1. The van der Waals surface area contributed by atoms with Crippen molar-refractivity contribution in [1.29, 1.82) is 0 Å². The van der Waals surface area contributed by atoms with Crippen molar-refractivity contribution in [2.45, 2.75) is 44.8 Å². The second-order valence-electron chi connectivity index (χ2n) is 8.37. The SMILES string of the molecule is CCCOc1ccc(C(=O)n2c(=O)c(F)cn([C@@H]3CC(OCc4ccccc4)[C@H](CO)O3)c2=O)cc1. The van der Waals surface area contributed by atoms with Gasteiger partial charge in [-0.05, 0) is 36.2 Å². The minimum atomic E-state index is -1.36. The Morgan fingerprint density at radius 2 is 1.86 bits per heavy atom. The fourth-order valence-electron chi connectivity index (χ4n) is 3.96. The Labute approximate surface area is 206 Å². The summed E-state index contributed by atoms with van der Waals surface area (Å²) < 4.78 is 32.8. The van der Waals surface area contributed by atoms with E-state index in [1.165, 1.54) is 24.3 Å². The van der Waals surface area contributed by atoms with Gasteiger partial charge in [0.2, 0.25) is 5.82 Å². The fourth-order valence-corrected chi connectivity index (χ4v) is 3.96. The van der Waals surface area contributed by atoms with Crippen LogP contribution in [-0.2, 0) is 16.1 Å². The van der Waals surface area contributed by atoms with Gasteiger partial charge in [-0.2, -0.15) is 8.96 Å². The summed E-state index contributed by atoms with van der Waals surface area (Å²) in [6.07, 6.45) is -0.795. The van der Waals surface area contributed by atoms with Gasteiger partial charge >= 0.3 is 5.69 Å². The lowest BCUT2D eigenvalue weighted by Gasteiger charge is -2.17. The Balaban J connectivity index is 1.58. The second kappa shape index (κ2) is 11.4. The summed E-state index contributed by atoms with van der Waals surface area (Å²) in [5.74, 6) is -1.74. The summed E-state index contributed by atoms with van der Waals surface area (Å²) in [5.41, 5.74) is -1.49. The van der Waals surface area contributed by atoms with Gasteiger partial charge in [-0.3, -0.25) is 14.2 Å². The van der Waals surface area contributed by atoms with Gasteiger partial charge in [0.15, 0.2) is 0 Å². The zero-order valence-electron chi connectivity index (χ0n) is 19.7. The lowest BCUT2D eigenvalue weighted by atomic mass is 10.1. The van der Waals surface area contributed by atoms with Crippen LogP contribution in [0, 0.1) is 5.82 Å². The number of benzene rings is 2. The monoisotopic (exact) mass is 498 g/mol. The quantitative estimate of drug-likeness (QED) is 0.483. The van der Waals surface area contributed by atoms with E-state index in [9.17, 15) is 23.9 Å².